The zero-order chi connectivity index (χ0) is 17.9. The first-order valence-electron chi connectivity index (χ1n) is 9.70. The highest BCUT2D eigenvalue weighted by molar-refractivity contribution is 4.81. The summed E-state index contributed by atoms with van der Waals surface area (Å²) in [6.45, 7) is 10.5. The molecule has 0 bridgehead atoms. The molecule has 148 valence electrons. The fourth-order valence-electron chi connectivity index (χ4n) is 3.15. The van der Waals surface area contributed by atoms with E-state index in [1.54, 1.807) is 6.92 Å². The molecule has 0 rings (SSSR count). The van der Waals surface area contributed by atoms with Gasteiger partial charge in [0.05, 0.1) is 12.2 Å². The summed E-state index contributed by atoms with van der Waals surface area (Å²) in [5.41, 5.74) is -1.17. The van der Waals surface area contributed by atoms with Gasteiger partial charge in [0.25, 0.3) is 0 Å². The molecule has 4 nitrogen and oxygen atoms in total. The monoisotopic (exact) mass is 348 g/mol. The number of aliphatic hydroxyl groups excluding tert-OH is 2. The van der Waals surface area contributed by atoms with Crippen molar-refractivity contribution in [2.75, 3.05) is 6.61 Å². The molecule has 4 atom stereocenters. The van der Waals surface area contributed by atoms with Gasteiger partial charge in [-0.2, -0.15) is 0 Å². The van der Waals surface area contributed by atoms with E-state index in [4.69, 9.17) is 5.11 Å². The third-order valence-electron chi connectivity index (χ3n) is 5.14. The number of aliphatic hydroxyl groups is 3. The van der Waals surface area contributed by atoms with Gasteiger partial charge in [0.15, 0.2) is 0 Å². The summed E-state index contributed by atoms with van der Waals surface area (Å²) in [6, 6.07) is 0. The first-order chi connectivity index (χ1) is 10.7. The maximum atomic E-state index is 10.1. The van der Waals surface area contributed by atoms with Gasteiger partial charge in [-0.25, -0.2) is 0 Å². The molecule has 0 spiro atoms. The summed E-state index contributed by atoms with van der Waals surface area (Å²) in [4.78, 5) is 0. The molecule has 0 aromatic heterocycles. The number of rotatable bonds is 14. The minimum atomic E-state index is -1.17. The van der Waals surface area contributed by atoms with Crippen LogP contribution >= 0.6 is 0 Å². The van der Waals surface area contributed by atoms with Crippen LogP contribution in [0.5, 0.6) is 0 Å². The van der Waals surface area contributed by atoms with Crippen LogP contribution in [0.15, 0.2) is 0 Å². The van der Waals surface area contributed by atoms with Gasteiger partial charge in [0, 0.05) is 0 Å². The van der Waals surface area contributed by atoms with E-state index in [-0.39, 0.29) is 12.1 Å². The third kappa shape index (κ3) is 13.2. The van der Waals surface area contributed by atoms with Crippen LogP contribution < -0.4 is 0 Å². The van der Waals surface area contributed by atoms with Crippen molar-refractivity contribution in [3.8, 4) is 0 Å². The molecule has 0 saturated carbocycles. The molecule has 4 heteroatoms. The summed E-state index contributed by atoms with van der Waals surface area (Å²) in [7, 11) is 0. The van der Waals surface area contributed by atoms with Crippen LogP contribution in [0.1, 0.15) is 92.4 Å². The van der Waals surface area contributed by atoms with E-state index < -0.39 is 11.7 Å². The van der Waals surface area contributed by atoms with Gasteiger partial charge in [0.2, 0.25) is 0 Å². The van der Waals surface area contributed by atoms with Gasteiger partial charge < -0.3 is 20.8 Å². The second-order valence-electron chi connectivity index (χ2n) is 8.41. The lowest BCUT2D eigenvalue weighted by atomic mass is 9.88. The molecule has 24 heavy (non-hydrogen) atoms. The molecule has 0 amide bonds. The van der Waals surface area contributed by atoms with Crippen molar-refractivity contribution in [1.82, 2.24) is 0 Å². The van der Waals surface area contributed by atoms with Crippen LogP contribution in [-0.4, -0.2) is 39.1 Å². The first-order valence-corrected chi connectivity index (χ1v) is 9.70. The Morgan fingerprint density at radius 3 is 1.62 bits per heavy atom. The molecule has 0 heterocycles. The molecule has 0 saturated heterocycles. The van der Waals surface area contributed by atoms with Crippen molar-refractivity contribution in [2.45, 2.75) is 104 Å². The molecular weight excluding hydrogens is 304 g/mol. The van der Waals surface area contributed by atoms with E-state index in [1.165, 1.54) is 38.5 Å². The van der Waals surface area contributed by atoms with E-state index >= 15 is 0 Å². The van der Waals surface area contributed by atoms with E-state index in [0.29, 0.717) is 12.3 Å². The maximum Gasteiger partial charge on any atom is 0.105 e. The largest absolute Gasteiger partial charge is 0.412 e. The van der Waals surface area contributed by atoms with Gasteiger partial charge in [-0.05, 0) is 31.1 Å². The Morgan fingerprint density at radius 2 is 1.21 bits per heavy atom. The average Bonchev–Trinajstić information content (AvgIpc) is 2.45. The summed E-state index contributed by atoms with van der Waals surface area (Å²) in [6.07, 6.45) is 9.41. The van der Waals surface area contributed by atoms with Gasteiger partial charge in [-0.1, -0.05) is 79.1 Å². The second kappa shape index (κ2) is 14.1. The summed E-state index contributed by atoms with van der Waals surface area (Å²) < 4.78 is 0. The second-order valence-corrected chi connectivity index (χ2v) is 8.41. The van der Waals surface area contributed by atoms with Gasteiger partial charge >= 0.3 is 0 Å². The SMILES string of the molecule is CC(C)CCCC(C)CCCC(C)CCCC(C)(O)C(O)CO.O. The molecule has 0 fully saturated rings. The van der Waals surface area contributed by atoms with Gasteiger partial charge in [-0.3, -0.25) is 0 Å². The molecule has 0 aliphatic carbocycles. The molecule has 4 unspecified atom stereocenters. The Hall–Kier alpha value is -0.160. The Bertz CT molecular complexity index is 279. The van der Waals surface area contributed by atoms with Crippen LogP contribution in [-0.2, 0) is 0 Å². The Kier molecular flexibility index (Phi) is 15.3. The van der Waals surface area contributed by atoms with E-state index in [9.17, 15) is 10.2 Å². The van der Waals surface area contributed by atoms with Crippen molar-refractivity contribution in [3.05, 3.63) is 0 Å². The minimum absolute atomic E-state index is 0. The average molecular weight is 349 g/mol. The summed E-state index contributed by atoms with van der Waals surface area (Å²) in [5, 5.41) is 28.5. The lowest BCUT2D eigenvalue weighted by Gasteiger charge is -2.28. The van der Waals surface area contributed by atoms with Crippen LogP contribution in [0.3, 0.4) is 0 Å². The highest BCUT2D eigenvalue weighted by Gasteiger charge is 2.29. The standard InChI is InChI=1S/C20H42O3.H2O/c1-16(2)9-6-10-17(3)11-7-12-18(4)13-8-14-20(5,23)19(22)15-21;/h16-19,21-23H,6-15H2,1-5H3;1H2. The molecule has 0 aromatic carbocycles. The predicted molar refractivity (Wildman–Crippen MR) is 102 cm³/mol. The van der Waals surface area contributed by atoms with E-state index in [0.717, 1.165) is 24.7 Å². The predicted octanol–water partition coefficient (Wildman–Crippen LogP) is 3.71. The van der Waals surface area contributed by atoms with E-state index in [1.807, 2.05) is 0 Å². The lowest BCUT2D eigenvalue weighted by Crippen LogP contribution is -2.41. The highest BCUT2D eigenvalue weighted by atomic mass is 16.4. The van der Waals surface area contributed by atoms with Crippen molar-refractivity contribution in [1.29, 1.82) is 0 Å². The fraction of sp³-hybridized carbons (Fsp3) is 1.00. The molecule has 0 radical (unpaired) electrons. The summed E-state index contributed by atoms with van der Waals surface area (Å²) in [5.74, 6) is 2.32. The van der Waals surface area contributed by atoms with Crippen LogP contribution in [0.2, 0.25) is 0 Å². The zero-order valence-electron chi connectivity index (χ0n) is 16.7. The molecule has 0 aromatic rings. The van der Waals surface area contributed by atoms with E-state index in [2.05, 4.69) is 27.7 Å². The number of hydrogen-bond acceptors (Lipinski definition) is 3. The van der Waals surface area contributed by atoms with Gasteiger partial charge in [-0.15, -0.1) is 0 Å². The number of hydrogen-bond donors (Lipinski definition) is 3. The Labute approximate surface area is 150 Å². The Balaban J connectivity index is 0. The molecule has 0 aliphatic heterocycles. The topological polar surface area (TPSA) is 92.2 Å². The van der Waals surface area contributed by atoms with Crippen LogP contribution in [0.4, 0.5) is 0 Å². The highest BCUT2D eigenvalue weighted by Crippen LogP contribution is 2.24. The quantitative estimate of drug-likeness (QED) is 0.447. The Morgan fingerprint density at radius 1 is 0.792 bits per heavy atom. The van der Waals surface area contributed by atoms with Crippen LogP contribution in [0, 0.1) is 17.8 Å². The zero-order valence-corrected chi connectivity index (χ0v) is 16.7. The fourth-order valence-corrected chi connectivity index (χ4v) is 3.15. The van der Waals surface area contributed by atoms with Crippen molar-refractivity contribution in [2.24, 2.45) is 17.8 Å². The maximum absolute atomic E-state index is 10.1. The lowest BCUT2D eigenvalue weighted by molar-refractivity contribution is -0.0886. The van der Waals surface area contributed by atoms with Gasteiger partial charge in [0.1, 0.15) is 6.10 Å². The molecule has 5 N–H and O–H groups in total. The smallest absolute Gasteiger partial charge is 0.105 e. The third-order valence-corrected chi connectivity index (χ3v) is 5.14. The summed E-state index contributed by atoms with van der Waals surface area (Å²) >= 11 is 0. The minimum Gasteiger partial charge on any atom is -0.412 e. The van der Waals surface area contributed by atoms with Crippen molar-refractivity contribution in [3.63, 3.8) is 0 Å². The molecular formula is C20H44O4. The van der Waals surface area contributed by atoms with Crippen LogP contribution in [0.25, 0.3) is 0 Å². The van der Waals surface area contributed by atoms with Crippen molar-refractivity contribution < 1.29 is 20.8 Å². The first kappa shape index (κ1) is 26.1. The normalized spacial score (nSPS) is 17.9. The molecule has 0 aliphatic rings. The van der Waals surface area contributed by atoms with Crippen molar-refractivity contribution >= 4 is 0 Å².